The molecule has 0 fully saturated rings. The van der Waals surface area contributed by atoms with Crippen LogP contribution in [0.15, 0.2) is 127 Å². The summed E-state index contributed by atoms with van der Waals surface area (Å²) in [5.74, 6) is 3.27. The number of aromatic amines is 2. The zero-order valence-corrected chi connectivity index (χ0v) is 35.3. The first-order valence-corrected chi connectivity index (χ1v) is 18.1. The van der Waals surface area contributed by atoms with E-state index in [0.29, 0.717) is 0 Å². The molecule has 3 aromatic heterocycles. The molecule has 59 heavy (non-hydrogen) atoms. The van der Waals surface area contributed by atoms with Crippen molar-refractivity contribution in [1.29, 1.82) is 0 Å². The standard InChI is InChI=1S/C41H32N4O3.C7H7O.2ClH.Mn/c1-46-30-12-4-25(5-13-30)39-33-18-10-28(42-33)24-29-11-19-34(43-29)40(26-6-14-31(47-2)15-7-26)36-21-23-38(45-36)41(37-22-20-35(39)44-37)27-8-16-32(48-3)17-9-27;1-8-7-5-3-2-4-6-7;;;/h4-24,44-45H,1-3H3;3-6H,1H3;2*1H;/q;-1;;;+3/p-2. The number of fused-ring (bicyclic) bond motifs is 8. The van der Waals surface area contributed by atoms with Crippen LogP contribution in [0.5, 0.6) is 23.0 Å². The van der Waals surface area contributed by atoms with Crippen LogP contribution in [-0.2, 0) is 17.1 Å². The Labute approximate surface area is 366 Å². The number of nitrogens with zero attached hydrogens (tertiary/aromatic N) is 2. The summed E-state index contributed by atoms with van der Waals surface area (Å²) in [6.07, 6.45) is 8.20. The van der Waals surface area contributed by atoms with Gasteiger partial charge in [-0.1, -0.05) is 36.4 Å². The van der Waals surface area contributed by atoms with Crippen molar-refractivity contribution in [2.45, 2.75) is 0 Å². The number of aromatic nitrogens is 4. The maximum absolute atomic E-state index is 5.49. The summed E-state index contributed by atoms with van der Waals surface area (Å²) in [5.41, 5.74) is 13.3. The Hall–Kier alpha value is -6.22. The number of hydrogen-bond acceptors (Lipinski definition) is 6. The van der Waals surface area contributed by atoms with Crippen LogP contribution in [0.3, 0.4) is 0 Å². The van der Waals surface area contributed by atoms with Gasteiger partial charge in [-0.15, -0.1) is 12.1 Å². The third-order valence-corrected chi connectivity index (χ3v) is 9.64. The minimum absolute atomic E-state index is 0. The first kappa shape index (κ1) is 43.9. The van der Waals surface area contributed by atoms with Gasteiger partial charge in [-0.25, -0.2) is 9.97 Å². The van der Waals surface area contributed by atoms with Gasteiger partial charge >= 0.3 is 17.1 Å². The number of rotatable bonds is 7. The van der Waals surface area contributed by atoms with Gasteiger partial charge in [0, 0.05) is 44.5 Å². The number of nitrogens with one attached hydrogen (secondary N) is 2. The van der Waals surface area contributed by atoms with E-state index in [0.717, 1.165) is 101 Å². The summed E-state index contributed by atoms with van der Waals surface area (Å²) in [6.45, 7) is 0. The summed E-state index contributed by atoms with van der Waals surface area (Å²) in [7, 11) is 6.68. The summed E-state index contributed by atoms with van der Waals surface area (Å²) in [5, 5.41) is 0. The second kappa shape index (κ2) is 20.0. The van der Waals surface area contributed by atoms with Gasteiger partial charge in [0.1, 0.15) is 17.2 Å². The second-order valence-corrected chi connectivity index (χ2v) is 13.0. The summed E-state index contributed by atoms with van der Waals surface area (Å²) >= 11 is 0. The fourth-order valence-electron chi connectivity index (χ4n) is 6.84. The smallest absolute Gasteiger partial charge is 1.00 e. The molecule has 8 bridgehead atoms. The summed E-state index contributed by atoms with van der Waals surface area (Å²) < 4.78 is 21.3. The van der Waals surface area contributed by atoms with Crippen molar-refractivity contribution < 1.29 is 60.8 Å². The first-order chi connectivity index (χ1) is 27.5. The van der Waals surface area contributed by atoms with E-state index >= 15 is 0 Å². The van der Waals surface area contributed by atoms with Crippen molar-refractivity contribution in [2.24, 2.45) is 0 Å². The minimum Gasteiger partial charge on any atom is -1.00 e. The molecule has 2 aliphatic rings. The van der Waals surface area contributed by atoms with E-state index < -0.39 is 0 Å². The van der Waals surface area contributed by atoms with Gasteiger partial charge in [0.2, 0.25) is 0 Å². The molecule has 2 aliphatic heterocycles. The zero-order chi connectivity index (χ0) is 38.4. The zero-order valence-electron chi connectivity index (χ0n) is 32.6. The third-order valence-electron chi connectivity index (χ3n) is 9.64. The molecule has 2 N–H and O–H groups in total. The van der Waals surface area contributed by atoms with Gasteiger partial charge in [0.15, 0.2) is 0 Å². The number of H-pyrrole nitrogens is 2. The van der Waals surface area contributed by atoms with Crippen LogP contribution in [0.2, 0.25) is 0 Å². The largest absolute Gasteiger partial charge is 3.00 e. The van der Waals surface area contributed by atoms with Gasteiger partial charge < -0.3 is 53.7 Å². The molecule has 4 aromatic carbocycles. The van der Waals surface area contributed by atoms with Crippen LogP contribution >= 0.6 is 0 Å². The van der Waals surface area contributed by atoms with E-state index in [2.05, 4.69) is 88.9 Å². The average molecular weight is 862 g/mol. The first-order valence-electron chi connectivity index (χ1n) is 18.1. The fourth-order valence-corrected chi connectivity index (χ4v) is 6.84. The molecule has 296 valence electrons. The van der Waals surface area contributed by atoms with Crippen molar-refractivity contribution in [2.75, 3.05) is 28.4 Å². The Balaban J connectivity index is 0.000000541. The molecular formula is C48H39Cl2MnN4O4. The van der Waals surface area contributed by atoms with Crippen LogP contribution in [0.1, 0.15) is 22.8 Å². The topological polar surface area (TPSA) is 94.3 Å². The minimum atomic E-state index is 0. The average Bonchev–Trinajstić information content (AvgIpc) is 4.10. The maximum atomic E-state index is 5.49. The van der Waals surface area contributed by atoms with Gasteiger partial charge in [0.25, 0.3) is 0 Å². The van der Waals surface area contributed by atoms with E-state index in [4.69, 9.17) is 28.9 Å². The third kappa shape index (κ3) is 9.57. The molecule has 5 heterocycles. The van der Waals surface area contributed by atoms with E-state index in [9.17, 15) is 0 Å². The predicted molar refractivity (Wildman–Crippen MR) is 227 cm³/mol. The van der Waals surface area contributed by atoms with Crippen molar-refractivity contribution in [1.82, 2.24) is 19.9 Å². The quantitative estimate of drug-likeness (QED) is 0.170. The molecule has 0 atom stereocenters. The Morgan fingerprint density at radius 1 is 0.407 bits per heavy atom. The number of halogens is 2. The summed E-state index contributed by atoms with van der Waals surface area (Å²) in [6, 6.07) is 45.1. The Kier molecular flexibility index (Phi) is 14.9. The molecule has 0 radical (unpaired) electrons. The van der Waals surface area contributed by atoms with E-state index in [1.54, 1.807) is 28.4 Å². The van der Waals surface area contributed by atoms with Crippen LogP contribution in [0.25, 0.3) is 79.8 Å². The summed E-state index contributed by atoms with van der Waals surface area (Å²) in [4.78, 5) is 17.7. The molecule has 7 aromatic rings. The molecule has 0 unspecified atom stereocenters. The SMILES string of the molecule is COc1cc[c-]cc1.COc1ccc(-c2c3nc(cc4nc(c(-c5ccc(OC)cc5)c5ccc([nH]5)c(-c5ccc(OC)cc5)c5ccc2[nH]5)C=C4)C=C3)cc1.[Cl-].[Cl-].[Mn+3]. The van der Waals surface area contributed by atoms with Crippen LogP contribution in [0.4, 0.5) is 0 Å². The van der Waals surface area contributed by atoms with Crippen molar-refractivity contribution in [3.05, 3.63) is 156 Å². The van der Waals surface area contributed by atoms with Gasteiger partial charge in [0.05, 0.1) is 51.2 Å². The molecule has 0 saturated carbocycles. The van der Waals surface area contributed by atoms with E-state index in [1.165, 1.54) is 0 Å². The van der Waals surface area contributed by atoms with Crippen molar-refractivity contribution in [3.8, 4) is 56.4 Å². The van der Waals surface area contributed by atoms with Crippen LogP contribution < -0.4 is 43.8 Å². The molecule has 9 rings (SSSR count). The Bertz CT molecular complexity index is 2590. The molecule has 0 spiro atoms. The number of methoxy groups -OCH3 is 4. The van der Waals surface area contributed by atoms with E-state index in [-0.39, 0.29) is 41.9 Å². The van der Waals surface area contributed by atoms with Crippen molar-refractivity contribution in [3.63, 3.8) is 0 Å². The molecule has 11 heteroatoms. The van der Waals surface area contributed by atoms with Gasteiger partial charge in [-0.2, -0.15) is 18.2 Å². The van der Waals surface area contributed by atoms with Crippen LogP contribution in [-0.4, -0.2) is 48.4 Å². The maximum Gasteiger partial charge on any atom is 3.00 e. The van der Waals surface area contributed by atoms with E-state index in [1.807, 2.05) is 78.9 Å². The van der Waals surface area contributed by atoms with Gasteiger partial charge in [-0.3, -0.25) is 0 Å². The Morgan fingerprint density at radius 3 is 1.07 bits per heavy atom. The van der Waals surface area contributed by atoms with Crippen LogP contribution in [0, 0.1) is 6.07 Å². The molecular weight excluding hydrogens is 822 g/mol. The molecule has 0 amide bonds. The Morgan fingerprint density at radius 2 is 0.729 bits per heavy atom. The number of hydrogen-bond donors (Lipinski definition) is 2. The second-order valence-electron chi connectivity index (χ2n) is 13.0. The number of ether oxygens (including phenoxy) is 4. The molecule has 0 saturated heterocycles. The number of benzene rings is 4. The monoisotopic (exact) mass is 860 g/mol. The van der Waals surface area contributed by atoms with Crippen molar-refractivity contribution >= 4 is 46.4 Å². The normalized spacial score (nSPS) is 10.8. The molecule has 8 nitrogen and oxygen atoms in total. The van der Waals surface area contributed by atoms with Gasteiger partial charge in [-0.05, 0) is 108 Å². The predicted octanol–water partition coefficient (Wildman–Crippen LogP) is 5.18. The molecule has 0 aliphatic carbocycles. The fraction of sp³-hybridized carbons (Fsp3) is 0.0833.